The Balaban J connectivity index is 1.75. The molecule has 5 rings (SSSR count). The quantitative estimate of drug-likeness (QED) is 0.465. The Bertz CT molecular complexity index is 1390. The molecule has 1 atom stereocenters. The van der Waals surface area contributed by atoms with Crippen LogP contribution in [0, 0.1) is 5.82 Å². The van der Waals surface area contributed by atoms with E-state index in [1.165, 1.54) is 37.5 Å². The summed E-state index contributed by atoms with van der Waals surface area (Å²) in [7, 11) is 3.02. The first-order valence-electron chi connectivity index (χ1n) is 9.83. The first-order valence-corrected chi connectivity index (χ1v) is 9.83. The van der Waals surface area contributed by atoms with Crippen LogP contribution in [0.15, 0.2) is 68.4 Å². The highest BCUT2D eigenvalue weighted by Gasteiger charge is 2.43. The van der Waals surface area contributed by atoms with Crippen LogP contribution in [0.5, 0.6) is 11.5 Å². The summed E-state index contributed by atoms with van der Waals surface area (Å²) in [6, 6.07) is 11.5. The van der Waals surface area contributed by atoms with Gasteiger partial charge in [-0.2, -0.15) is 0 Å². The molecule has 1 amide bonds. The number of rotatable bonds is 5. The Morgan fingerprint density at radius 2 is 1.84 bits per heavy atom. The highest BCUT2D eigenvalue weighted by Crippen LogP contribution is 2.41. The third kappa shape index (κ3) is 3.03. The average molecular weight is 435 g/mol. The van der Waals surface area contributed by atoms with E-state index in [4.69, 9.17) is 18.3 Å². The fourth-order valence-electron chi connectivity index (χ4n) is 4.10. The van der Waals surface area contributed by atoms with Crippen LogP contribution in [-0.4, -0.2) is 25.0 Å². The first-order chi connectivity index (χ1) is 15.5. The van der Waals surface area contributed by atoms with E-state index >= 15 is 0 Å². The summed E-state index contributed by atoms with van der Waals surface area (Å²) < 4.78 is 35.8. The van der Waals surface area contributed by atoms with Crippen molar-refractivity contribution in [1.82, 2.24) is 4.90 Å². The van der Waals surface area contributed by atoms with E-state index in [0.717, 1.165) is 6.07 Å². The van der Waals surface area contributed by atoms with Crippen molar-refractivity contribution in [2.75, 3.05) is 14.2 Å². The van der Waals surface area contributed by atoms with Crippen molar-refractivity contribution >= 4 is 16.9 Å². The van der Waals surface area contributed by atoms with Crippen LogP contribution in [0.25, 0.3) is 11.0 Å². The zero-order chi connectivity index (χ0) is 22.4. The maximum atomic E-state index is 13.9. The number of amides is 1. The average Bonchev–Trinajstić information content (AvgIpc) is 3.41. The number of hydrogen-bond donors (Lipinski definition) is 0. The van der Waals surface area contributed by atoms with Crippen LogP contribution in [0.2, 0.25) is 0 Å². The summed E-state index contributed by atoms with van der Waals surface area (Å²) in [5, 5.41) is 0.0712. The Morgan fingerprint density at radius 3 is 2.56 bits per heavy atom. The summed E-state index contributed by atoms with van der Waals surface area (Å²) in [6.07, 6.45) is 1.51. The number of benzene rings is 2. The SMILES string of the molecule is COc1ccc([C@H]2c3c(oc4ccc(F)cc4c3=O)C(=O)N2Cc2ccco2)cc1OC. The van der Waals surface area contributed by atoms with Crippen molar-refractivity contribution in [3.05, 3.63) is 93.5 Å². The maximum absolute atomic E-state index is 13.9. The van der Waals surface area contributed by atoms with Gasteiger partial charge in [0, 0.05) is 0 Å². The molecule has 1 aliphatic heterocycles. The predicted molar refractivity (Wildman–Crippen MR) is 112 cm³/mol. The van der Waals surface area contributed by atoms with Gasteiger partial charge >= 0.3 is 0 Å². The van der Waals surface area contributed by atoms with Gasteiger partial charge in [0.2, 0.25) is 5.76 Å². The van der Waals surface area contributed by atoms with Gasteiger partial charge in [0.15, 0.2) is 16.9 Å². The lowest BCUT2D eigenvalue weighted by atomic mass is 9.98. The molecule has 4 aromatic rings. The number of fused-ring (bicyclic) bond motifs is 2. The van der Waals surface area contributed by atoms with E-state index in [2.05, 4.69) is 0 Å². The van der Waals surface area contributed by atoms with E-state index in [-0.39, 0.29) is 28.8 Å². The fraction of sp³-hybridized carbons (Fsp3) is 0.167. The minimum Gasteiger partial charge on any atom is -0.493 e. The van der Waals surface area contributed by atoms with Gasteiger partial charge in [0.05, 0.1) is 44.0 Å². The summed E-state index contributed by atoms with van der Waals surface area (Å²) in [5.74, 6) is 0.398. The molecule has 0 radical (unpaired) electrons. The number of carbonyl (C=O) groups excluding carboxylic acids is 1. The molecule has 32 heavy (non-hydrogen) atoms. The number of carbonyl (C=O) groups is 1. The molecule has 2 aromatic heterocycles. The second-order valence-corrected chi connectivity index (χ2v) is 7.34. The number of ether oxygens (including phenoxy) is 2. The highest BCUT2D eigenvalue weighted by molar-refractivity contribution is 5.99. The Hall–Kier alpha value is -4.07. The minimum absolute atomic E-state index is 0.0690. The van der Waals surface area contributed by atoms with E-state index in [9.17, 15) is 14.0 Å². The molecule has 0 aliphatic carbocycles. The van der Waals surface area contributed by atoms with Crippen molar-refractivity contribution in [3.63, 3.8) is 0 Å². The lowest BCUT2D eigenvalue weighted by Gasteiger charge is -2.25. The topological polar surface area (TPSA) is 82.1 Å². The predicted octanol–water partition coefficient (Wildman–Crippen LogP) is 4.29. The first kappa shape index (κ1) is 19.9. The third-order valence-corrected chi connectivity index (χ3v) is 5.56. The minimum atomic E-state index is -0.786. The van der Waals surface area contributed by atoms with E-state index in [1.807, 2.05) is 0 Å². The largest absolute Gasteiger partial charge is 0.493 e. The smallest absolute Gasteiger partial charge is 0.291 e. The monoisotopic (exact) mass is 435 g/mol. The lowest BCUT2D eigenvalue weighted by Crippen LogP contribution is -2.29. The van der Waals surface area contributed by atoms with Crippen LogP contribution in [-0.2, 0) is 6.54 Å². The van der Waals surface area contributed by atoms with Crippen molar-refractivity contribution < 1.29 is 27.5 Å². The lowest BCUT2D eigenvalue weighted by molar-refractivity contribution is 0.0701. The van der Waals surface area contributed by atoms with Crippen LogP contribution in [0.1, 0.15) is 33.5 Å². The van der Waals surface area contributed by atoms with Gasteiger partial charge in [-0.3, -0.25) is 9.59 Å². The van der Waals surface area contributed by atoms with Gasteiger partial charge in [-0.05, 0) is 48.0 Å². The van der Waals surface area contributed by atoms with E-state index in [1.54, 1.807) is 30.3 Å². The van der Waals surface area contributed by atoms with E-state index in [0.29, 0.717) is 22.8 Å². The van der Waals surface area contributed by atoms with Crippen LogP contribution in [0.3, 0.4) is 0 Å². The molecule has 1 aliphatic rings. The van der Waals surface area contributed by atoms with Crippen LogP contribution < -0.4 is 14.9 Å². The normalized spacial score (nSPS) is 15.3. The zero-order valence-electron chi connectivity index (χ0n) is 17.3. The fourth-order valence-corrected chi connectivity index (χ4v) is 4.10. The van der Waals surface area contributed by atoms with Crippen molar-refractivity contribution in [3.8, 4) is 11.5 Å². The van der Waals surface area contributed by atoms with Gasteiger partial charge < -0.3 is 23.2 Å². The molecule has 0 saturated heterocycles. The molecule has 0 fully saturated rings. The molecular weight excluding hydrogens is 417 g/mol. The molecular formula is C24H18FNO6. The Morgan fingerprint density at radius 1 is 1.03 bits per heavy atom. The van der Waals surface area contributed by atoms with Gasteiger partial charge in [0.1, 0.15) is 17.2 Å². The molecule has 0 unspecified atom stereocenters. The second kappa shape index (κ2) is 7.56. The Kier molecular flexibility index (Phi) is 4.70. The summed E-state index contributed by atoms with van der Waals surface area (Å²) in [4.78, 5) is 28.3. The van der Waals surface area contributed by atoms with Crippen molar-refractivity contribution in [2.45, 2.75) is 12.6 Å². The highest BCUT2D eigenvalue weighted by atomic mass is 19.1. The van der Waals surface area contributed by atoms with Gasteiger partial charge in [-0.25, -0.2) is 4.39 Å². The molecule has 3 heterocycles. The Labute approximate surface area is 181 Å². The molecule has 0 spiro atoms. The van der Waals surface area contributed by atoms with Crippen LogP contribution in [0.4, 0.5) is 4.39 Å². The maximum Gasteiger partial charge on any atom is 0.291 e. The number of hydrogen-bond acceptors (Lipinski definition) is 6. The summed E-state index contributed by atoms with van der Waals surface area (Å²) in [6.45, 7) is 0.110. The van der Waals surface area contributed by atoms with Crippen molar-refractivity contribution in [2.24, 2.45) is 0 Å². The standard InChI is InChI=1S/C24H18FNO6/c1-29-18-7-5-13(10-19(18)30-2)21-20-22(27)16-11-14(25)6-8-17(16)32-23(20)24(28)26(21)12-15-4-3-9-31-15/h3-11,21H,12H2,1-2H3/t21-/m0/s1. The van der Waals surface area contributed by atoms with Crippen LogP contribution >= 0.6 is 0 Å². The molecule has 162 valence electrons. The van der Waals surface area contributed by atoms with Gasteiger partial charge in [-0.1, -0.05) is 6.07 Å². The zero-order valence-corrected chi connectivity index (χ0v) is 17.3. The number of nitrogens with zero attached hydrogens (tertiary/aromatic N) is 1. The van der Waals surface area contributed by atoms with E-state index < -0.39 is 23.2 Å². The second-order valence-electron chi connectivity index (χ2n) is 7.34. The summed E-state index contributed by atoms with van der Waals surface area (Å²) in [5.41, 5.74) is 0.446. The number of methoxy groups -OCH3 is 2. The van der Waals surface area contributed by atoms with Gasteiger partial charge in [0.25, 0.3) is 5.91 Å². The molecule has 0 saturated carbocycles. The molecule has 2 aromatic carbocycles. The molecule has 0 bridgehead atoms. The molecule has 0 N–H and O–H groups in total. The van der Waals surface area contributed by atoms with Crippen molar-refractivity contribution in [1.29, 1.82) is 0 Å². The molecule has 8 heteroatoms. The van der Waals surface area contributed by atoms with Gasteiger partial charge in [-0.15, -0.1) is 0 Å². The molecule has 7 nitrogen and oxygen atoms in total. The number of halogens is 1. The summed E-state index contributed by atoms with van der Waals surface area (Å²) >= 11 is 0. The number of furan rings is 1. The third-order valence-electron chi connectivity index (χ3n) is 5.56.